The molecule has 5 nitrogen and oxygen atoms in total. The lowest BCUT2D eigenvalue weighted by Gasteiger charge is -2.09. The lowest BCUT2D eigenvalue weighted by molar-refractivity contribution is 0.102. The van der Waals surface area contributed by atoms with Crippen LogP contribution in [0.15, 0.2) is 91.0 Å². The summed E-state index contributed by atoms with van der Waals surface area (Å²) >= 11 is 0. The van der Waals surface area contributed by atoms with Crippen molar-refractivity contribution in [2.45, 2.75) is 6.92 Å². The van der Waals surface area contributed by atoms with Crippen molar-refractivity contribution < 1.29 is 4.79 Å². The average molecular weight is 380 g/mol. The van der Waals surface area contributed by atoms with E-state index in [9.17, 15) is 4.79 Å². The molecule has 1 aromatic heterocycles. The summed E-state index contributed by atoms with van der Waals surface area (Å²) in [5.74, 6) is 0.528. The van der Waals surface area contributed by atoms with Gasteiger partial charge in [-0.25, -0.2) is 0 Å². The van der Waals surface area contributed by atoms with Gasteiger partial charge < -0.3 is 10.6 Å². The number of benzene rings is 3. The van der Waals surface area contributed by atoms with Crippen LogP contribution < -0.4 is 10.6 Å². The monoisotopic (exact) mass is 380 g/mol. The molecule has 3 aromatic carbocycles. The summed E-state index contributed by atoms with van der Waals surface area (Å²) in [5.41, 5.74) is 5.28. The van der Waals surface area contributed by atoms with E-state index in [1.807, 2.05) is 97.9 Å². The molecular weight excluding hydrogens is 360 g/mol. The quantitative estimate of drug-likeness (QED) is 0.483. The van der Waals surface area contributed by atoms with Crippen molar-refractivity contribution in [3.8, 4) is 11.1 Å². The standard InChI is InChI=1S/C24H20N4O/c1-17-7-16-23(28-27-17)25-21-12-14-22(15-13-21)26-24(29)20-10-8-19(9-11-20)18-5-3-2-4-6-18/h2-16H,1H3,(H,25,28)(H,26,29). The molecule has 4 aromatic rings. The number of hydrogen-bond acceptors (Lipinski definition) is 4. The van der Waals surface area contributed by atoms with Gasteiger partial charge in [-0.1, -0.05) is 42.5 Å². The Balaban J connectivity index is 1.39. The van der Waals surface area contributed by atoms with Crippen LogP contribution in [-0.2, 0) is 0 Å². The van der Waals surface area contributed by atoms with Crippen molar-refractivity contribution in [1.82, 2.24) is 10.2 Å². The number of rotatable bonds is 5. The fraction of sp³-hybridized carbons (Fsp3) is 0.0417. The van der Waals surface area contributed by atoms with Crippen LogP contribution in [0.5, 0.6) is 0 Å². The van der Waals surface area contributed by atoms with Gasteiger partial charge in [0, 0.05) is 16.9 Å². The van der Waals surface area contributed by atoms with Crippen molar-refractivity contribution in [2.75, 3.05) is 10.6 Å². The molecule has 1 amide bonds. The second kappa shape index (κ2) is 8.35. The zero-order chi connectivity index (χ0) is 20.1. The Morgan fingerprint density at radius 2 is 1.34 bits per heavy atom. The molecule has 0 fully saturated rings. The fourth-order valence-corrected chi connectivity index (χ4v) is 2.90. The van der Waals surface area contributed by atoms with Crippen LogP contribution in [0.1, 0.15) is 16.1 Å². The van der Waals surface area contributed by atoms with Gasteiger partial charge in [0.2, 0.25) is 0 Å². The zero-order valence-electron chi connectivity index (χ0n) is 16.0. The second-order valence-electron chi connectivity index (χ2n) is 6.66. The number of aryl methyl sites for hydroxylation is 1. The summed E-state index contributed by atoms with van der Waals surface area (Å²) in [5, 5.41) is 14.2. The molecule has 0 saturated carbocycles. The number of nitrogens with zero attached hydrogens (tertiary/aromatic N) is 2. The third-order valence-electron chi connectivity index (χ3n) is 4.47. The van der Waals surface area contributed by atoms with Crippen LogP contribution in [0.4, 0.5) is 17.2 Å². The highest BCUT2D eigenvalue weighted by Gasteiger charge is 2.07. The van der Waals surface area contributed by atoms with Crippen molar-refractivity contribution in [3.05, 3.63) is 102 Å². The number of hydrogen-bond donors (Lipinski definition) is 2. The lowest BCUT2D eigenvalue weighted by atomic mass is 10.0. The van der Waals surface area contributed by atoms with Crippen LogP contribution in [0.2, 0.25) is 0 Å². The molecule has 0 saturated heterocycles. The van der Waals surface area contributed by atoms with Gasteiger partial charge >= 0.3 is 0 Å². The Bertz CT molecular complexity index is 1090. The zero-order valence-corrected chi connectivity index (χ0v) is 16.0. The summed E-state index contributed by atoms with van der Waals surface area (Å²) in [6, 6.07) is 28.9. The van der Waals surface area contributed by atoms with Crippen LogP contribution in [0.3, 0.4) is 0 Å². The molecule has 0 aliphatic rings. The molecule has 2 N–H and O–H groups in total. The van der Waals surface area contributed by atoms with Gasteiger partial charge in [0.15, 0.2) is 5.82 Å². The average Bonchev–Trinajstić information content (AvgIpc) is 2.77. The number of anilines is 3. The summed E-state index contributed by atoms with van der Waals surface area (Å²) in [6.07, 6.45) is 0. The number of carbonyl (C=O) groups excluding carboxylic acids is 1. The van der Waals surface area contributed by atoms with E-state index in [-0.39, 0.29) is 5.91 Å². The Morgan fingerprint density at radius 1 is 0.690 bits per heavy atom. The highest BCUT2D eigenvalue weighted by molar-refractivity contribution is 6.04. The Labute approximate surface area is 169 Å². The molecule has 0 radical (unpaired) electrons. The van der Waals surface area contributed by atoms with E-state index in [2.05, 4.69) is 20.8 Å². The normalized spacial score (nSPS) is 10.4. The molecule has 0 aliphatic heterocycles. The van der Waals surface area contributed by atoms with Gasteiger partial charge in [-0.2, -0.15) is 5.10 Å². The van der Waals surface area contributed by atoms with Gasteiger partial charge in [-0.3, -0.25) is 4.79 Å². The molecule has 5 heteroatoms. The van der Waals surface area contributed by atoms with E-state index in [1.165, 1.54) is 0 Å². The predicted octanol–water partition coefficient (Wildman–Crippen LogP) is 5.45. The smallest absolute Gasteiger partial charge is 0.255 e. The first-order valence-corrected chi connectivity index (χ1v) is 9.32. The van der Waals surface area contributed by atoms with E-state index in [1.54, 1.807) is 0 Å². The first kappa shape index (κ1) is 18.4. The maximum Gasteiger partial charge on any atom is 0.255 e. The molecule has 0 spiro atoms. The third kappa shape index (κ3) is 4.65. The van der Waals surface area contributed by atoms with Crippen molar-refractivity contribution in [3.63, 3.8) is 0 Å². The summed E-state index contributed by atoms with van der Waals surface area (Å²) in [4.78, 5) is 12.5. The van der Waals surface area contributed by atoms with E-state index in [0.29, 0.717) is 11.4 Å². The summed E-state index contributed by atoms with van der Waals surface area (Å²) in [7, 11) is 0. The highest BCUT2D eigenvalue weighted by Crippen LogP contribution is 2.21. The highest BCUT2D eigenvalue weighted by atomic mass is 16.1. The van der Waals surface area contributed by atoms with E-state index < -0.39 is 0 Å². The molecule has 0 unspecified atom stereocenters. The topological polar surface area (TPSA) is 66.9 Å². The molecule has 0 bridgehead atoms. The SMILES string of the molecule is Cc1ccc(Nc2ccc(NC(=O)c3ccc(-c4ccccc4)cc3)cc2)nn1. The van der Waals surface area contributed by atoms with E-state index in [4.69, 9.17) is 0 Å². The van der Waals surface area contributed by atoms with E-state index >= 15 is 0 Å². The minimum atomic E-state index is -0.144. The summed E-state index contributed by atoms with van der Waals surface area (Å²) in [6.45, 7) is 1.89. The largest absolute Gasteiger partial charge is 0.339 e. The van der Waals surface area contributed by atoms with Crippen LogP contribution in [-0.4, -0.2) is 16.1 Å². The summed E-state index contributed by atoms with van der Waals surface area (Å²) < 4.78 is 0. The molecule has 4 rings (SSSR count). The maximum atomic E-state index is 12.5. The molecule has 29 heavy (non-hydrogen) atoms. The van der Waals surface area contributed by atoms with Crippen molar-refractivity contribution in [2.24, 2.45) is 0 Å². The van der Waals surface area contributed by atoms with E-state index in [0.717, 1.165) is 28.2 Å². The minimum Gasteiger partial charge on any atom is -0.339 e. The fourth-order valence-electron chi connectivity index (χ4n) is 2.90. The maximum absolute atomic E-state index is 12.5. The van der Waals surface area contributed by atoms with Crippen LogP contribution >= 0.6 is 0 Å². The molecule has 0 aliphatic carbocycles. The van der Waals surface area contributed by atoms with Crippen LogP contribution in [0, 0.1) is 6.92 Å². The number of aromatic nitrogens is 2. The Kier molecular flexibility index (Phi) is 5.29. The first-order valence-electron chi connectivity index (χ1n) is 9.32. The molecule has 1 heterocycles. The second-order valence-corrected chi connectivity index (χ2v) is 6.66. The van der Waals surface area contributed by atoms with Gasteiger partial charge in [0.25, 0.3) is 5.91 Å². The van der Waals surface area contributed by atoms with Crippen LogP contribution in [0.25, 0.3) is 11.1 Å². The minimum absolute atomic E-state index is 0.144. The molecule has 0 atom stereocenters. The number of nitrogens with one attached hydrogen (secondary N) is 2. The Hall–Kier alpha value is -3.99. The Morgan fingerprint density at radius 3 is 2.00 bits per heavy atom. The van der Waals surface area contributed by atoms with Gasteiger partial charge in [-0.15, -0.1) is 5.10 Å². The third-order valence-corrected chi connectivity index (χ3v) is 4.47. The number of amides is 1. The molecule has 142 valence electrons. The first-order chi connectivity index (χ1) is 14.2. The van der Waals surface area contributed by atoms with Crippen molar-refractivity contribution >= 4 is 23.1 Å². The van der Waals surface area contributed by atoms with Crippen molar-refractivity contribution in [1.29, 1.82) is 0 Å². The number of carbonyl (C=O) groups is 1. The molecular formula is C24H20N4O. The van der Waals surface area contributed by atoms with Gasteiger partial charge in [0.1, 0.15) is 0 Å². The van der Waals surface area contributed by atoms with Gasteiger partial charge in [-0.05, 0) is 66.6 Å². The predicted molar refractivity (Wildman–Crippen MR) is 116 cm³/mol. The van der Waals surface area contributed by atoms with Gasteiger partial charge in [0.05, 0.1) is 5.69 Å². The lowest BCUT2D eigenvalue weighted by Crippen LogP contribution is -2.11.